The Labute approximate surface area is 113 Å². The van der Waals surface area contributed by atoms with Crippen molar-refractivity contribution in [3.05, 3.63) is 17.6 Å². The van der Waals surface area contributed by atoms with Crippen LogP contribution in [-0.2, 0) is 21.3 Å². The molecule has 0 spiro atoms. The second kappa shape index (κ2) is 5.75. The molecule has 0 saturated carbocycles. The summed E-state index contributed by atoms with van der Waals surface area (Å²) in [5.74, 6) is -0.619. The molecule has 12 heteroatoms. The number of nitrogens with one attached hydrogen (secondary N) is 3. The van der Waals surface area contributed by atoms with Gasteiger partial charge in [-0.2, -0.15) is 10.3 Å². The number of aromatic nitrogens is 6. The molecular formula is C8H11N7O4S. The van der Waals surface area contributed by atoms with Crippen LogP contribution in [0.2, 0.25) is 0 Å². The summed E-state index contributed by atoms with van der Waals surface area (Å²) in [6.07, 6.45) is 1.08. The van der Waals surface area contributed by atoms with Gasteiger partial charge in [0, 0.05) is 0 Å². The smallest absolute Gasteiger partial charge is 0.342 e. The van der Waals surface area contributed by atoms with Crippen LogP contribution in [0.3, 0.4) is 0 Å². The van der Waals surface area contributed by atoms with Gasteiger partial charge < -0.3 is 4.74 Å². The van der Waals surface area contributed by atoms with E-state index in [1.54, 1.807) is 6.92 Å². The number of aromatic amines is 2. The maximum atomic E-state index is 12.0. The topological polar surface area (TPSA) is 156 Å². The summed E-state index contributed by atoms with van der Waals surface area (Å²) in [4.78, 5) is 11.6. The summed E-state index contributed by atoms with van der Waals surface area (Å²) >= 11 is 0. The highest BCUT2D eigenvalue weighted by Gasteiger charge is 2.26. The van der Waals surface area contributed by atoms with E-state index in [4.69, 9.17) is 4.74 Å². The third kappa shape index (κ3) is 2.97. The van der Waals surface area contributed by atoms with E-state index in [0.717, 1.165) is 6.20 Å². The van der Waals surface area contributed by atoms with Crippen molar-refractivity contribution in [2.24, 2.45) is 0 Å². The number of tetrazole rings is 1. The van der Waals surface area contributed by atoms with Gasteiger partial charge in [0.25, 0.3) is 10.0 Å². The first-order valence-electron chi connectivity index (χ1n) is 5.47. The zero-order chi connectivity index (χ0) is 14.6. The fourth-order valence-corrected chi connectivity index (χ4v) is 2.38. The van der Waals surface area contributed by atoms with E-state index in [1.807, 2.05) is 0 Å². The van der Waals surface area contributed by atoms with Crippen LogP contribution in [0.25, 0.3) is 0 Å². The van der Waals surface area contributed by atoms with E-state index in [1.165, 1.54) is 0 Å². The molecule has 0 aliphatic heterocycles. The Bertz CT molecular complexity index is 678. The summed E-state index contributed by atoms with van der Waals surface area (Å²) in [6, 6.07) is 0. The van der Waals surface area contributed by atoms with Crippen molar-refractivity contribution in [2.45, 2.75) is 18.5 Å². The molecule has 2 aromatic heterocycles. The number of rotatable bonds is 6. The quantitative estimate of drug-likeness (QED) is 0.549. The minimum atomic E-state index is -3.98. The first-order chi connectivity index (χ1) is 9.54. The van der Waals surface area contributed by atoms with Crippen molar-refractivity contribution in [1.82, 2.24) is 35.5 Å². The molecular weight excluding hydrogens is 290 g/mol. The molecule has 0 bridgehead atoms. The van der Waals surface area contributed by atoms with Crippen molar-refractivity contribution in [3.63, 3.8) is 0 Å². The van der Waals surface area contributed by atoms with Gasteiger partial charge in [-0.3, -0.25) is 5.10 Å². The van der Waals surface area contributed by atoms with Crippen LogP contribution in [0.15, 0.2) is 11.2 Å². The highest BCUT2D eigenvalue weighted by Crippen LogP contribution is 2.13. The normalized spacial score (nSPS) is 11.4. The largest absolute Gasteiger partial charge is 0.462 e. The second-order valence-corrected chi connectivity index (χ2v) is 5.19. The summed E-state index contributed by atoms with van der Waals surface area (Å²) < 4.78 is 31.0. The van der Waals surface area contributed by atoms with Gasteiger partial charge in [-0.15, -0.1) is 10.2 Å². The number of nitrogens with zero attached hydrogens (tertiary/aromatic N) is 4. The molecule has 0 fully saturated rings. The minimum Gasteiger partial charge on any atom is -0.462 e. The zero-order valence-electron chi connectivity index (χ0n) is 10.3. The number of H-pyrrole nitrogens is 2. The van der Waals surface area contributed by atoms with E-state index < -0.39 is 16.0 Å². The number of carbonyl (C=O) groups excluding carboxylic acids is 1. The van der Waals surface area contributed by atoms with Crippen molar-refractivity contribution >= 4 is 16.0 Å². The molecule has 0 aromatic carbocycles. The number of ether oxygens (including phenoxy) is 1. The summed E-state index contributed by atoms with van der Waals surface area (Å²) in [6.45, 7) is 1.56. The Morgan fingerprint density at radius 3 is 2.95 bits per heavy atom. The maximum absolute atomic E-state index is 12.0. The summed E-state index contributed by atoms with van der Waals surface area (Å²) in [7, 11) is -3.98. The van der Waals surface area contributed by atoms with E-state index in [0.29, 0.717) is 0 Å². The van der Waals surface area contributed by atoms with Gasteiger partial charge in [0.05, 0.1) is 19.3 Å². The number of hydrogen-bond acceptors (Lipinski definition) is 8. The Hall–Kier alpha value is -2.34. The lowest BCUT2D eigenvalue weighted by Crippen LogP contribution is -2.26. The SMILES string of the molecule is CCOC(=O)c1cn[nH]c1S(=O)(=O)NCc1nn[nH]n1. The van der Waals surface area contributed by atoms with E-state index in [9.17, 15) is 13.2 Å². The summed E-state index contributed by atoms with van der Waals surface area (Å²) in [5, 5.41) is 18.1. The Kier molecular flexibility index (Phi) is 4.05. The molecule has 2 aromatic rings. The van der Waals surface area contributed by atoms with Gasteiger partial charge in [0.15, 0.2) is 10.9 Å². The average molecular weight is 301 g/mol. The molecule has 11 nitrogen and oxygen atoms in total. The highest BCUT2D eigenvalue weighted by atomic mass is 32.2. The first-order valence-corrected chi connectivity index (χ1v) is 6.95. The van der Waals surface area contributed by atoms with Gasteiger partial charge in [-0.25, -0.2) is 17.9 Å². The zero-order valence-corrected chi connectivity index (χ0v) is 11.1. The van der Waals surface area contributed by atoms with E-state index in [-0.39, 0.29) is 29.6 Å². The van der Waals surface area contributed by atoms with Crippen LogP contribution in [0.5, 0.6) is 0 Å². The minimum absolute atomic E-state index is 0.125. The lowest BCUT2D eigenvalue weighted by Gasteiger charge is -2.05. The molecule has 0 amide bonds. The third-order valence-corrected chi connectivity index (χ3v) is 3.55. The molecule has 0 atom stereocenters. The number of hydrogen-bond donors (Lipinski definition) is 3. The Morgan fingerprint density at radius 2 is 2.30 bits per heavy atom. The standard InChI is InChI=1S/C8H11N7O4S/c1-2-19-8(16)5-3-9-13-7(5)20(17,18)10-4-6-11-14-15-12-6/h3,10H,2,4H2,1H3,(H,9,13)(H,11,12,14,15). The maximum Gasteiger partial charge on any atom is 0.342 e. The Balaban J connectivity index is 2.17. The van der Waals surface area contributed by atoms with Gasteiger partial charge in [-0.1, -0.05) is 5.21 Å². The van der Waals surface area contributed by atoms with Gasteiger partial charge in [0.1, 0.15) is 5.56 Å². The third-order valence-electron chi connectivity index (χ3n) is 2.18. The van der Waals surface area contributed by atoms with Crippen molar-refractivity contribution in [3.8, 4) is 0 Å². The number of esters is 1. The molecule has 0 radical (unpaired) electrons. The molecule has 2 rings (SSSR count). The van der Waals surface area contributed by atoms with E-state index in [2.05, 4.69) is 35.5 Å². The fourth-order valence-electron chi connectivity index (χ4n) is 1.32. The molecule has 0 aliphatic carbocycles. The molecule has 0 saturated heterocycles. The molecule has 2 heterocycles. The van der Waals surface area contributed by atoms with Crippen LogP contribution in [0.1, 0.15) is 23.1 Å². The van der Waals surface area contributed by atoms with Crippen LogP contribution < -0.4 is 4.72 Å². The number of sulfonamides is 1. The molecule has 0 aliphatic rings. The van der Waals surface area contributed by atoms with Crippen LogP contribution in [0.4, 0.5) is 0 Å². The molecule has 3 N–H and O–H groups in total. The van der Waals surface area contributed by atoms with Gasteiger partial charge in [-0.05, 0) is 6.92 Å². The predicted octanol–water partition coefficient (Wildman–Crippen LogP) is -1.42. The molecule has 0 unspecified atom stereocenters. The average Bonchev–Trinajstić information content (AvgIpc) is 3.08. The highest BCUT2D eigenvalue weighted by molar-refractivity contribution is 7.89. The van der Waals surface area contributed by atoms with Crippen molar-refractivity contribution < 1.29 is 17.9 Å². The predicted molar refractivity (Wildman–Crippen MR) is 62.7 cm³/mol. The number of carbonyl (C=O) groups is 1. The summed E-state index contributed by atoms with van der Waals surface area (Å²) in [5.41, 5.74) is -0.174. The van der Waals surface area contributed by atoms with Crippen molar-refractivity contribution in [1.29, 1.82) is 0 Å². The van der Waals surface area contributed by atoms with Crippen molar-refractivity contribution in [2.75, 3.05) is 6.61 Å². The fraction of sp³-hybridized carbons (Fsp3) is 0.375. The van der Waals surface area contributed by atoms with Gasteiger partial charge in [0.2, 0.25) is 0 Å². The Morgan fingerprint density at radius 1 is 1.50 bits per heavy atom. The van der Waals surface area contributed by atoms with Crippen LogP contribution >= 0.6 is 0 Å². The van der Waals surface area contributed by atoms with Gasteiger partial charge >= 0.3 is 5.97 Å². The lowest BCUT2D eigenvalue weighted by molar-refractivity contribution is 0.0522. The molecule has 20 heavy (non-hydrogen) atoms. The molecule has 108 valence electrons. The first kappa shape index (κ1) is 14.1. The lowest BCUT2D eigenvalue weighted by atomic mass is 10.4. The second-order valence-electron chi connectivity index (χ2n) is 3.49. The van der Waals surface area contributed by atoms with E-state index >= 15 is 0 Å². The monoisotopic (exact) mass is 301 g/mol. The van der Waals surface area contributed by atoms with Crippen LogP contribution in [-0.4, -0.2) is 51.8 Å². The van der Waals surface area contributed by atoms with Crippen LogP contribution in [0, 0.1) is 0 Å².